The largest absolute Gasteiger partial charge is 0.371 e. The number of hydrogen-bond donors (Lipinski definition) is 1. The summed E-state index contributed by atoms with van der Waals surface area (Å²) in [4.78, 5) is 20.3. The molecule has 0 spiro atoms. The molecular formula is C28H40N4O. The minimum Gasteiger partial charge on any atom is -0.371 e. The Morgan fingerprint density at radius 2 is 1.76 bits per heavy atom. The molecule has 2 unspecified atom stereocenters. The van der Waals surface area contributed by atoms with E-state index in [1.54, 1.807) is 0 Å². The number of nitrogens with one attached hydrogen (secondary N) is 1. The molecule has 0 saturated carbocycles. The minimum atomic E-state index is 0.182. The molecule has 1 amide bonds. The summed E-state index contributed by atoms with van der Waals surface area (Å²) in [7, 11) is 0. The van der Waals surface area contributed by atoms with Crippen molar-refractivity contribution in [2.45, 2.75) is 45.2 Å². The third-order valence-electron chi connectivity index (χ3n) is 7.10. The van der Waals surface area contributed by atoms with E-state index < -0.39 is 0 Å². The number of rotatable bonds is 10. The number of amides is 1. The van der Waals surface area contributed by atoms with Gasteiger partial charge in [-0.15, -0.1) is 0 Å². The van der Waals surface area contributed by atoms with Crippen molar-refractivity contribution >= 4 is 11.6 Å². The topological polar surface area (TPSA) is 38.8 Å². The highest BCUT2D eigenvalue weighted by molar-refractivity contribution is 5.78. The molecule has 1 N–H and O–H groups in total. The van der Waals surface area contributed by atoms with E-state index >= 15 is 0 Å². The highest BCUT2D eigenvalue weighted by Gasteiger charge is 2.27. The normalized spacial score (nSPS) is 21.5. The number of para-hydroxylation sites is 1. The van der Waals surface area contributed by atoms with E-state index in [4.69, 9.17) is 0 Å². The van der Waals surface area contributed by atoms with Gasteiger partial charge in [-0.3, -0.25) is 14.6 Å². The van der Waals surface area contributed by atoms with Crippen molar-refractivity contribution in [3.05, 3.63) is 66.2 Å². The minimum absolute atomic E-state index is 0.182. The van der Waals surface area contributed by atoms with Crippen LogP contribution >= 0.6 is 0 Å². The van der Waals surface area contributed by atoms with E-state index in [1.165, 1.54) is 24.1 Å². The number of carbonyl (C=O) groups excluding carboxylic acids is 1. The van der Waals surface area contributed by atoms with Crippen molar-refractivity contribution in [2.75, 3.05) is 50.7 Å². The molecule has 2 aromatic carbocycles. The standard InChI is InChI=1S/C28H40N4O/c1-2-16-31(27-14-9-17-30(22-27)20-24-10-5-3-6-11-24)23-28(33)29-19-25-15-18-32(21-25)26-12-7-4-8-13-26/h3-8,10-13,25,27H,2,9,14-23H2,1H3,(H,29,33). The number of piperidine rings is 1. The van der Waals surface area contributed by atoms with Crippen molar-refractivity contribution in [1.29, 1.82) is 0 Å². The fourth-order valence-corrected chi connectivity index (χ4v) is 5.36. The van der Waals surface area contributed by atoms with Gasteiger partial charge in [0, 0.05) is 44.5 Å². The van der Waals surface area contributed by atoms with E-state index in [2.05, 4.69) is 87.6 Å². The molecule has 2 fully saturated rings. The van der Waals surface area contributed by atoms with Crippen molar-refractivity contribution in [1.82, 2.24) is 15.1 Å². The maximum absolute atomic E-state index is 12.9. The van der Waals surface area contributed by atoms with Crippen molar-refractivity contribution in [3.8, 4) is 0 Å². The molecule has 2 aliphatic rings. The molecule has 0 aliphatic carbocycles. The van der Waals surface area contributed by atoms with Crippen molar-refractivity contribution < 1.29 is 4.79 Å². The van der Waals surface area contributed by atoms with Gasteiger partial charge in [0.25, 0.3) is 0 Å². The van der Waals surface area contributed by atoms with Crippen LogP contribution in [-0.2, 0) is 11.3 Å². The van der Waals surface area contributed by atoms with Gasteiger partial charge < -0.3 is 10.2 Å². The fourth-order valence-electron chi connectivity index (χ4n) is 5.36. The predicted molar refractivity (Wildman–Crippen MR) is 136 cm³/mol. The van der Waals surface area contributed by atoms with Crippen LogP contribution in [0.2, 0.25) is 0 Å². The lowest BCUT2D eigenvalue weighted by Crippen LogP contribution is -2.51. The average molecular weight is 449 g/mol. The molecule has 5 heteroatoms. The van der Waals surface area contributed by atoms with Gasteiger partial charge in [0.1, 0.15) is 0 Å². The Morgan fingerprint density at radius 3 is 2.52 bits per heavy atom. The summed E-state index contributed by atoms with van der Waals surface area (Å²) in [5.41, 5.74) is 2.66. The SMILES string of the molecule is CCCN(CC(=O)NCC1CCN(c2ccccc2)C1)C1CCCN(Cc2ccccc2)C1. The van der Waals surface area contributed by atoms with Crippen LogP contribution in [0.3, 0.4) is 0 Å². The Labute approximate surface area is 199 Å². The van der Waals surface area contributed by atoms with Crippen LogP contribution in [0.15, 0.2) is 60.7 Å². The highest BCUT2D eigenvalue weighted by atomic mass is 16.2. The van der Waals surface area contributed by atoms with E-state index in [-0.39, 0.29) is 5.91 Å². The highest BCUT2D eigenvalue weighted by Crippen LogP contribution is 2.23. The quantitative estimate of drug-likeness (QED) is 0.596. The molecule has 2 aliphatic heterocycles. The van der Waals surface area contributed by atoms with Crippen LogP contribution < -0.4 is 10.2 Å². The van der Waals surface area contributed by atoms with Gasteiger partial charge in [0.2, 0.25) is 5.91 Å². The summed E-state index contributed by atoms with van der Waals surface area (Å²) in [6.07, 6.45) is 4.62. The molecule has 2 aromatic rings. The van der Waals surface area contributed by atoms with E-state index in [1.807, 2.05) is 0 Å². The third kappa shape index (κ3) is 7.05. The Hall–Kier alpha value is -2.37. The molecule has 0 bridgehead atoms. The number of likely N-dealkylation sites (tertiary alicyclic amines) is 1. The van der Waals surface area contributed by atoms with Crippen LogP contribution in [0.1, 0.15) is 38.2 Å². The summed E-state index contributed by atoms with van der Waals surface area (Å²) < 4.78 is 0. The van der Waals surface area contributed by atoms with Gasteiger partial charge in [-0.25, -0.2) is 0 Å². The lowest BCUT2D eigenvalue weighted by Gasteiger charge is -2.39. The molecule has 4 rings (SSSR count). The molecule has 2 saturated heterocycles. The first-order chi connectivity index (χ1) is 16.2. The Kier molecular flexibility index (Phi) is 8.79. The lowest BCUT2D eigenvalue weighted by molar-refractivity contribution is -0.123. The second kappa shape index (κ2) is 12.2. The average Bonchev–Trinajstić information content (AvgIpc) is 3.33. The van der Waals surface area contributed by atoms with Gasteiger partial charge in [0.15, 0.2) is 0 Å². The molecular weight excluding hydrogens is 408 g/mol. The van der Waals surface area contributed by atoms with Crippen LogP contribution in [0, 0.1) is 5.92 Å². The first-order valence-electron chi connectivity index (χ1n) is 12.8. The maximum Gasteiger partial charge on any atom is 0.234 e. The second-order valence-electron chi connectivity index (χ2n) is 9.73. The Balaban J connectivity index is 1.24. The molecule has 33 heavy (non-hydrogen) atoms. The second-order valence-corrected chi connectivity index (χ2v) is 9.73. The Morgan fingerprint density at radius 1 is 1.00 bits per heavy atom. The monoisotopic (exact) mass is 448 g/mol. The van der Waals surface area contributed by atoms with Crippen LogP contribution in [0.5, 0.6) is 0 Å². The molecule has 2 heterocycles. The number of anilines is 1. The Bertz CT molecular complexity index is 843. The summed E-state index contributed by atoms with van der Waals surface area (Å²) in [5, 5.41) is 3.25. The van der Waals surface area contributed by atoms with Crippen LogP contribution in [0.4, 0.5) is 5.69 Å². The van der Waals surface area contributed by atoms with Gasteiger partial charge in [-0.2, -0.15) is 0 Å². The van der Waals surface area contributed by atoms with Gasteiger partial charge >= 0.3 is 0 Å². The number of nitrogens with zero attached hydrogens (tertiary/aromatic N) is 3. The number of carbonyl (C=O) groups is 1. The van der Waals surface area contributed by atoms with Crippen LogP contribution in [0.25, 0.3) is 0 Å². The van der Waals surface area contributed by atoms with Crippen LogP contribution in [-0.4, -0.2) is 67.6 Å². The summed E-state index contributed by atoms with van der Waals surface area (Å²) in [6, 6.07) is 21.8. The van der Waals surface area contributed by atoms with Gasteiger partial charge in [-0.05, 0) is 62.4 Å². The number of benzene rings is 2. The van der Waals surface area contributed by atoms with E-state index in [0.29, 0.717) is 18.5 Å². The van der Waals surface area contributed by atoms with Crippen molar-refractivity contribution in [2.24, 2.45) is 5.92 Å². The first kappa shape index (κ1) is 23.8. The fraction of sp³-hybridized carbons (Fsp3) is 0.536. The van der Waals surface area contributed by atoms with E-state index in [0.717, 1.165) is 58.7 Å². The van der Waals surface area contributed by atoms with Gasteiger partial charge in [-0.1, -0.05) is 55.5 Å². The predicted octanol–water partition coefficient (Wildman–Crippen LogP) is 4.01. The maximum atomic E-state index is 12.9. The molecule has 2 atom stereocenters. The zero-order chi connectivity index (χ0) is 22.9. The summed E-state index contributed by atoms with van der Waals surface area (Å²) in [5.74, 6) is 0.714. The molecule has 0 radical (unpaired) electrons. The van der Waals surface area contributed by atoms with Crippen molar-refractivity contribution in [3.63, 3.8) is 0 Å². The molecule has 5 nitrogen and oxygen atoms in total. The lowest BCUT2D eigenvalue weighted by atomic mass is 10.0. The van der Waals surface area contributed by atoms with E-state index in [9.17, 15) is 4.79 Å². The smallest absolute Gasteiger partial charge is 0.234 e. The zero-order valence-electron chi connectivity index (χ0n) is 20.2. The number of hydrogen-bond acceptors (Lipinski definition) is 4. The third-order valence-corrected chi connectivity index (χ3v) is 7.10. The molecule has 0 aromatic heterocycles. The summed E-state index contributed by atoms with van der Waals surface area (Å²) in [6.45, 7) is 9.82. The zero-order valence-corrected chi connectivity index (χ0v) is 20.2. The summed E-state index contributed by atoms with van der Waals surface area (Å²) >= 11 is 0. The van der Waals surface area contributed by atoms with Gasteiger partial charge in [0.05, 0.1) is 6.54 Å². The molecule has 178 valence electrons. The first-order valence-corrected chi connectivity index (χ1v) is 12.8.